The number of amides is 1. The van der Waals surface area contributed by atoms with E-state index in [-0.39, 0.29) is 12.5 Å². The number of hydrogen-bond donors (Lipinski definition) is 1. The van der Waals surface area contributed by atoms with Gasteiger partial charge in [-0.15, -0.1) is 0 Å². The summed E-state index contributed by atoms with van der Waals surface area (Å²) in [6.45, 7) is 4.50. The summed E-state index contributed by atoms with van der Waals surface area (Å²) in [6, 6.07) is 22.3. The van der Waals surface area contributed by atoms with Gasteiger partial charge in [0.25, 0.3) is 5.91 Å². The maximum atomic E-state index is 12.5. The van der Waals surface area contributed by atoms with Crippen LogP contribution in [0.15, 0.2) is 66.7 Å². The van der Waals surface area contributed by atoms with Gasteiger partial charge in [-0.3, -0.25) is 4.79 Å². The number of rotatable bonds is 6. The number of ether oxygens (including phenoxy) is 2. The first kappa shape index (κ1) is 19.3. The molecule has 5 nitrogen and oxygen atoms in total. The zero-order chi connectivity index (χ0) is 20.1. The smallest absolute Gasteiger partial charge is 0.260 e. The largest absolute Gasteiger partial charge is 0.497 e. The van der Waals surface area contributed by atoms with Crippen LogP contribution < -0.4 is 14.4 Å². The minimum atomic E-state index is 0.0571. The van der Waals surface area contributed by atoms with Crippen LogP contribution in [-0.4, -0.2) is 50.7 Å². The molecule has 0 bridgehead atoms. The number of quaternary nitrogens is 1. The molecule has 1 aliphatic heterocycles. The van der Waals surface area contributed by atoms with E-state index in [1.807, 2.05) is 47.4 Å². The lowest BCUT2D eigenvalue weighted by atomic mass is 10.1. The lowest BCUT2D eigenvalue weighted by molar-refractivity contribution is -0.917. The Morgan fingerprint density at radius 1 is 0.931 bits per heavy atom. The van der Waals surface area contributed by atoms with E-state index in [4.69, 9.17) is 9.47 Å². The van der Waals surface area contributed by atoms with Gasteiger partial charge >= 0.3 is 0 Å². The van der Waals surface area contributed by atoms with Gasteiger partial charge in [0.2, 0.25) is 0 Å². The summed E-state index contributed by atoms with van der Waals surface area (Å²) in [5, 5.41) is 2.29. The highest BCUT2D eigenvalue weighted by Gasteiger charge is 2.24. The van der Waals surface area contributed by atoms with Crippen molar-refractivity contribution in [3.63, 3.8) is 0 Å². The Morgan fingerprint density at radius 2 is 1.62 bits per heavy atom. The number of carbonyl (C=O) groups excluding carboxylic acids is 1. The molecular weight excluding hydrogens is 364 g/mol. The van der Waals surface area contributed by atoms with Crippen molar-refractivity contribution in [3.8, 4) is 11.5 Å². The molecule has 0 spiro atoms. The molecule has 0 atom stereocenters. The molecule has 29 heavy (non-hydrogen) atoms. The van der Waals surface area contributed by atoms with Gasteiger partial charge in [-0.2, -0.15) is 0 Å². The van der Waals surface area contributed by atoms with E-state index in [1.54, 1.807) is 7.11 Å². The number of piperazine rings is 1. The lowest BCUT2D eigenvalue weighted by Crippen LogP contribution is -3.13. The van der Waals surface area contributed by atoms with E-state index in [9.17, 15) is 4.79 Å². The number of hydrogen-bond acceptors (Lipinski definition) is 3. The topological polar surface area (TPSA) is 43.2 Å². The average Bonchev–Trinajstić information content (AvgIpc) is 2.78. The quantitative estimate of drug-likeness (QED) is 0.700. The van der Waals surface area contributed by atoms with Gasteiger partial charge in [0, 0.05) is 5.56 Å². The highest BCUT2D eigenvalue weighted by Crippen LogP contribution is 2.20. The fraction of sp³-hybridized carbons (Fsp3) is 0.292. The van der Waals surface area contributed by atoms with Crippen LogP contribution in [-0.2, 0) is 11.3 Å². The first-order chi connectivity index (χ1) is 14.2. The van der Waals surface area contributed by atoms with E-state index < -0.39 is 0 Å². The number of nitrogens with one attached hydrogen (secondary N) is 1. The molecule has 1 aliphatic rings. The third-order valence-corrected chi connectivity index (χ3v) is 5.52. The first-order valence-electron chi connectivity index (χ1n) is 10.1. The molecule has 4 rings (SSSR count). The molecule has 0 aliphatic carbocycles. The second-order valence-electron chi connectivity index (χ2n) is 7.45. The summed E-state index contributed by atoms with van der Waals surface area (Å²) in [7, 11) is 1.68. The Hall–Kier alpha value is -3.05. The zero-order valence-electron chi connectivity index (χ0n) is 16.8. The van der Waals surface area contributed by atoms with Crippen LogP contribution in [0.5, 0.6) is 11.5 Å². The molecular formula is C24H27N2O3+. The summed E-state index contributed by atoms with van der Waals surface area (Å²) in [4.78, 5) is 16.0. The van der Waals surface area contributed by atoms with E-state index >= 15 is 0 Å². The van der Waals surface area contributed by atoms with Gasteiger partial charge in [0.1, 0.15) is 18.0 Å². The summed E-state index contributed by atoms with van der Waals surface area (Å²) in [6.07, 6.45) is 0. The van der Waals surface area contributed by atoms with Gasteiger partial charge in [-0.1, -0.05) is 30.3 Å². The number of benzene rings is 3. The molecule has 1 fully saturated rings. The second-order valence-corrected chi connectivity index (χ2v) is 7.45. The van der Waals surface area contributed by atoms with Crippen LogP contribution in [0.4, 0.5) is 0 Å². The molecule has 150 valence electrons. The number of methoxy groups -OCH3 is 1. The van der Waals surface area contributed by atoms with Gasteiger partial charge in [-0.25, -0.2) is 0 Å². The van der Waals surface area contributed by atoms with Crippen LogP contribution in [0, 0.1) is 0 Å². The molecule has 0 saturated carbocycles. The van der Waals surface area contributed by atoms with E-state index in [2.05, 4.69) is 24.3 Å². The maximum absolute atomic E-state index is 12.5. The second kappa shape index (κ2) is 8.97. The standard InChI is InChI=1S/C24H26N2O3/c1-28-22-9-6-19(7-10-22)17-25-12-14-26(15-13-25)24(27)18-29-23-11-8-20-4-2-3-5-21(20)16-23/h2-11,16H,12-15,17-18H2,1H3/p+1. The summed E-state index contributed by atoms with van der Waals surface area (Å²) in [5.74, 6) is 1.67. The summed E-state index contributed by atoms with van der Waals surface area (Å²) >= 11 is 0. The third kappa shape index (κ3) is 4.87. The Kier molecular flexibility index (Phi) is 5.96. The van der Waals surface area contributed by atoms with Gasteiger partial charge in [0.05, 0.1) is 33.3 Å². The Bertz CT molecular complexity index is 963. The van der Waals surface area contributed by atoms with Gasteiger partial charge in [0.15, 0.2) is 6.61 Å². The minimum Gasteiger partial charge on any atom is -0.497 e. The molecule has 1 heterocycles. The molecule has 1 amide bonds. The van der Waals surface area contributed by atoms with E-state index in [0.717, 1.165) is 49.6 Å². The van der Waals surface area contributed by atoms with Crippen LogP contribution in [0.2, 0.25) is 0 Å². The molecule has 0 unspecified atom stereocenters. The van der Waals surface area contributed by atoms with Gasteiger partial charge < -0.3 is 19.3 Å². The normalized spacial score (nSPS) is 14.7. The highest BCUT2D eigenvalue weighted by atomic mass is 16.5. The van der Waals surface area contributed by atoms with Crippen LogP contribution in [0.1, 0.15) is 5.56 Å². The molecule has 0 radical (unpaired) electrons. The minimum absolute atomic E-state index is 0.0571. The fourth-order valence-electron chi connectivity index (χ4n) is 3.77. The average molecular weight is 391 g/mol. The molecule has 1 N–H and O–H groups in total. The monoisotopic (exact) mass is 391 g/mol. The molecule has 5 heteroatoms. The van der Waals surface area contributed by atoms with Crippen molar-refractivity contribution < 1.29 is 19.2 Å². The van der Waals surface area contributed by atoms with Crippen molar-refractivity contribution in [2.75, 3.05) is 39.9 Å². The Morgan fingerprint density at radius 3 is 2.34 bits per heavy atom. The fourth-order valence-corrected chi connectivity index (χ4v) is 3.77. The maximum Gasteiger partial charge on any atom is 0.260 e. The number of fused-ring (bicyclic) bond motifs is 1. The Balaban J connectivity index is 1.25. The third-order valence-electron chi connectivity index (χ3n) is 5.52. The lowest BCUT2D eigenvalue weighted by Gasteiger charge is -2.32. The highest BCUT2D eigenvalue weighted by molar-refractivity contribution is 5.84. The predicted molar refractivity (Wildman–Crippen MR) is 113 cm³/mol. The Labute approximate surface area is 171 Å². The van der Waals surface area contributed by atoms with Crippen molar-refractivity contribution in [1.29, 1.82) is 0 Å². The molecule has 3 aromatic carbocycles. The van der Waals surface area contributed by atoms with Crippen molar-refractivity contribution in [3.05, 3.63) is 72.3 Å². The van der Waals surface area contributed by atoms with Crippen molar-refractivity contribution in [1.82, 2.24) is 4.90 Å². The SMILES string of the molecule is COc1ccc(C[NH+]2CCN(C(=O)COc3ccc4ccccc4c3)CC2)cc1. The number of carbonyl (C=O) groups is 1. The first-order valence-corrected chi connectivity index (χ1v) is 10.1. The van der Waals surface area contributed by atoms with Crippen LogP contribution in [0.3, 0.4) is 0 Å². The molecule has 3 aromatic rings. The van der Waals surface area contributed by atoms with Crippen LogP contribution >= 0.6 is 0 Å². The van der Waals surface area contributed by atoms with E-state index in [1.165, 1.54) is 15.8 Å². The number of nitrogens with zero attached hydrogens (tertiary/aromatic N) is 1. The summed E-state index contributed by atoms with van der Waals surface area (Å²) < 4.78 is 11.0. The van der Waals surface area contributed by atoms with Crippen molar-refractivity contribution in [2.45, 2.75) is 6.54 Å². The molecule has 0 aromatic heterocycles. The van der Waals surface area contributed by atoms with E-state index in [0.29, 0.717) is 0 Å². The zero-order valence-corrected chi connectivity index (χ0v) is 16.8. The van der Waals surface area contributed by atoms with Crippen LogP contribution in [0.25, 0.3) is 10.8 Å². The predicted octanol–water partition coefficient (Wildman–Crippen LogP) is 2.15. The summed E-state index contributed by atoms with van der Waals surface area (Å²) in [5.41, 5.74) is 1.29. The van der Waals surface area contributed by atoms with Crippen molar-refractivity contribution >= 4 is 16.7 Å². The van der Waals surface area contributed by atoms with Crippen molar-refractivity contribution in [2.24, 2.45) is 0 Å². The molecule has 1 saturated heterocycles. The van der Waals surface area contributed by atoms with Gasteiger partial charge in [-0.05, 0) is 47.2 Å².